The summed E-state index contributed by atoms with van der Waals surface area (Å²) in [4.78, 5) is 22.4. The van der Waals surface area contributed by atoms with E-state index in [4.69, 9.17) is 0 Å². The number of nitrogens with one attached hydrogen (secondary N) is 2. The maximum Gasteiger partial charge on any atom is 0.263 e. The number of hydrogen-bond donors (Lipinski definition) is 2. The zero-order valence-electron chi connectivity index (χ0n) is 15.0. The van der Waals surface area contributed by atoms with Crippen molar-refractivity contribution in [3.05, 3.63) is 65.4 Å². The molecule has 142 valence electrons. The number of aromatic nitrogens is 1. The highest BCUT2D eigenvalue weighted by molar-refractivity contribution is 7.90. The maximum absolute atomic E-state index is 12.7. The fourth-order valence-electron chi connectivity index (χ4n) is 3.88. The molecule has 0 saturated carbocycles. The summed E-state index contributed by atoms with van der Waals surface area (Å²) < 4.78 is 26.7. The van der Waals surface area contributed by atoms with Crippen LogP contribution in [0.25, 0.3) is 10.9 Å². The van der Waals surface area contributed by atoms with Crippen LogP contribution in [0.3, 0.4) is 0 Å². The Morgan fingerprint density at radius 1 is 1.11 bits per heavy atom. The molecule has 2 N–H and O–H groups in total. The number of aromatic amines is 1. The number of carbonyl (C=O) groups is 1. The topological polar surface area (TPSA) is 94.6 Å². The Morgan fingerprint density at radius 2 is 1.89 bits per heavy atom. The van der Waals surface area contributed by atoms with Crippen molar-refractivity contribution in [2.24, 2.45) is 4.99 Å². The third kappa shape index (κ3) is 2.68. The molecule has 0 aliphatic carbocycles. The molecule has 2 aliphatic heterocycles. The lowest BCUT2D eigenvalue weighted by Gasteiger charge is -2.26. The number of para-hydroxylation sites is 1. The quantitative estimate of drug-likeness (QED) is 0.694. The molecule has 0 unspecified atom stereocenters. The smallest absolute Gasteiger partial charge is 0.263 e. The van der Waals surface area contributed by atoms with Crippen LogP contribution in [0.4, 0.5) is 0 Å². The van der Waals surface area contributed by atoms with Gasteiger partial charge in [-0.2, -0.15) is 0 Å². The Bertz CT molecular complexity index is 1240. The number of carbonyl (C=O) groups excluding carboxylic acids is 1. The van der Waals surface area contributed by atoms with Crippen molar-refractivity contribution in [2.45, 2.75) is 17.9 Å². The van der Waals surface area contributed by atoms with Crippen LogP contribution < -0.4 is 4.72 Å². The van der Waals surface area contributed by atoms with Gasteiger partial charge in [0.1, 0.15) is 12.4 Å². The summed E-state index contributed by atoms with van der Waals surface area (Å²) >= 11 is 0. The van der Waals surface area contributed by atoms with Gasteiger partial charge in [0.2, 0.25) is 5.91 Å². The predicted octanol–water partition coefficient (Wildman–Crippen LogP) is 1.79. The molecule has 0 bridgehead atoms. The van der Waals surface area contributed by atoms with E-state index in [0.29, 0.717) is 18.7 Å². The minimum atomic E-state index is -3.59. The van der Waals surface area contributed by atoms with E-state index in [1.807, 2.05) is 18.2 Å². The van der Waals surface area contributed by atoms with E-state index in [9.17, 15) is 13.2 Å². The summed E-state index contributed by atoms with van der Waals surface area (Å²) in [5.74, 6) is 0.112. The van der Waals surface area contributed by atoms with Gasteiger partial charge in [-0.3, -0.25) is 14.5 Å². The van der Waals surface area contributed by atoms with Gasteiger partial charge in [0.25, 0.3) is 10.0 Å². The first kappa shape index (κ1) is 17.0. The van der Waals surface area contributed by atoms with Crippen molar-refractivity contribution in [3.63, 3.8) is 0 Å². The molecule has 0 saturated heterocycles. The number of sulfonamides is 1. The van der Waals surface area contributed by atoms with Gasteiger partial charge in [-0.05, 0) is 18.2 Å². The number of benzene rings is 2. The molecule has 2 aliphatic rings. The van der Waals surface area contributed by atoms with Crippen LogP contribution in [0, 0.1) is 0 Å². The van der Waals surface area contributed by atoms with Gasteiger partial charge in [-0.1, -0.05) is 30.3 Å². The first-order chi connectivity index (χ1) is 13.5. The highest BCUT2D eigenvalue weighted by atomic mass is 32.2. The number of amidine groups is 1. The lowest BCUT2D eigenvalue weighted by molar-refractivity contribution is -0.130. The van der Waals surface area contributed by atoms with Crippen LogP contribution in [-0.4, -0.2) is 43.1 Å². The molecule has 2 aromatic carbocycles. The average molecular weight is 394 g/mol. The second-order valence-electron chi connectivity index (χ2n) is 6.96. The Balaban J connectivity index is 1.37. The van der Waals surface area contributed by atoms with E-state index in [2.05, 4.69) is 20.8 Å². The summed E-state index contributed by atoms with van der Waals surface area (Å²) in [5.41, 5.74) is 3.91. The van der Waals surface area contributed by atoms with Gasteiger partial charge in [0.15, 0.2) is 0 Å². The molecule has 3 heterocycles. The van der Waals surface area contributed by atoms with E-state index >= 15 is 0 Å². The van der Waals surface area contributed by atoms with Gasteiger partial charge < -0.3 is 9.88 Å². The monoisotopic (exact) mass is 394 g/mol. The third-order valence-corrected chi connectivity index (χ3v) is 6.67. The molecule has 7 nitrogen and oxygen atoms in total. The van der Waals surface area contributed by atoms with E-state index in [1.54, 1.807) is 23.1 Å². The molecule has 0 radical (unpaired) electrons. The SMILES string of the molecule is O=C(CN=C1NS(=O)(=O)c2ccccc21)N1CCc2[nH]c3ccccc3c2C1. The van der Waals surface area contributed by atoms with Crippen LogP contribution in [0.1, 0.15) is 16.8 Å². The van der Waals surface area contributed by atoms with E-state index in [1.165, 1.54) is 11.8 Å². The highest BCUT2D eigenvalue weighted by Gasteiger charge is 2.30. The molecule has 1 amide bonds. The van der Waals surface area contributed by atoms with Gasteiger partial charge >= 0.3 is 0 Å². The Morgan fingerprint density at radius 3 is 2.79 bits per heavy atom. The molecule has 0 spiro atoms. The van der Waals surface area contributed by atoms with E-state index in [0.717, 1.165) is 22.9 Å². The first-order valence-corrected chi connectivity index (χ1v) is 10.5. The van der Waals surface area contributed by atoms with Crippen LogP contribution in [0.5, 0.6) is 0 Å². The average Bonchev–Trinajstić information content (AvgIpc) is 3.20. The first-order valence-electron chi connectivity index (χ1n) is 9.06. The maximum atomic E-state index is 12.7. The molecular weight excluding hydrogens is 376 g/mol. The summed E-state index contributed by atoms with van der Waals surface area (Å²) in [5, 5.41) is 1.14. The van der Waals surface area contributed by atoms with Crippen LogP contribution in [-0.2, 0) is 27.8 Å². The fraction of sp³-hybridized carbons (Fsp3) is 0.200. The third-order valence-electron chi connectivity index (χ3n) is 5.27. The van der Waals surface area contributed by atoms with Crippen molar-refractivity contribution in [1.82, 2.24) is 14.6 Å². The van der Waals surface area contributed by atoms with Crippen molar-refractivity contribution in [1.29, 1.82) is 0 Å². The Labute approximate surface area is 162 Å². The minimum absolute atomic E-state index is 0.0934. The summed E-state index contributed by atoms with van der Waals surface area (Å²) in [6.07, 6.45) is 0.766. The number of hydrogen-bond acceptors (Lipinski definition) is 4. The fourth-order valence-corrected chi connectivity index (χ4v) is 5.13. The van der Waals surface area contributed by atoms with Crippen molar-refractivity contribution in [3.8, 4) is 0 Å². The molecular formula is C20H18N4O3S. The molecule has 0 fully saturated rings. The standard InChI is InChI=1S/C20H18N4O3S/c25-19(11-21-20-14-6-2-4-8-18(14)28(26,27)23-20)24-10-9-17-15(12-24)13-5-1-3-7-16(13)22-17/h1-8,22H,9-12H2,(H,21,23). The molecule has 28 heavy (non-hydrogen) atoms. The van der Waals surface area contributed by atoms with Crippen molar-refractivity contribution >= 4 is 32.7 Å². The number of aliphatic imine (C=N–C) groups is 1. The molecule has 3 aromatic rings. The summed E-state index contributed by atoms with van der Waals surface area (Å²) in [7, 11) is -3.59. The largest absolute Gasteiger partial charge is 0.358 e. The summed E-state index contributed by atoms with van der Waals surface area (Å²) in [6.45, 7) is 1.06. The lowest BCUT2D eigenvalue weighted by Crippen LogP contribution is -2.37. The highest BCUT2D eigenvalue weighted by Crippen LogP contribution is 2.27. The van der Waals surface area contributed by atoms with Gasteiger partial charge in [-0.25, -0.2) is 8.42 Å². The predicted molar refractivity (Wildman–Crippen MR) is 106 cm³/mol. The van der Waals surface area contributed by atoms with Gasteiger partial charge in [0, 0.05) is 47.2 Å². The zero-order valence-corrected chi connectivity index (χ0v) is 15.8. The second-order valence-corrected chi connectivity index (χ2v) is 8.61. The van der Waals surface area contributed by atoms with Crippen LogP contribution in [0.15, 0.2) is 58.4 Å². The van der Waals surface area contributed by atoms with Crippen LogP contribution in [0.2, 0.25) is 0 Å². The number of nitrogens with zero attached hydrogens (tertiary/aromatic N) is 2. The van der Waals surface area contributed by atoms with E-state index < -0.39 is 10.0 Å². The van der Waals surface area contributed by atoms with E-state index in [-0.39, 0.29) is 23.2 Å². The molecule has 1 aromatic heterocycles. The summed E-state index contributed by atoms with van der Waals surface area (Å²) in [6, 6.07) is 14.7. The number of H-pyrrole nitrogens is 1. The zero-order chi connectivity index (χ0) is 19.3. The van der Waals surface area contributed by atoms with Crippen LogP contribution >= 0.6 is 0 Å². The normalized spacial score (nSPS) is 18.7. The molecule has 8 heteroatoms. The van der Waals surface area contributed by atoms with Crippen molar-refractivity contribution < 1.29 is 13.2 Å². The van der Waals surface area contributed by atoms with Crippen molar-refractivity contribution in [2.75, 3.05) is 13.1 Å². The second kappa shape index (κ2) is 6.20. The Kier molecular flexibility index (Phi) is 3.77. The Hall–Kier alpha value is -3.13. The number of fused-ring (bicyclic) bond motifs is 4. The molecule has 0 atom stereocenters. The lowest BCUT2D eigenvalue weighted by atomic mass is 10.0. The molecule has 5 rings (SSSR count). The number of amides is 1. The minimum Gasteiger partial charge on any atom is -0.358 e. The van der Waals surface area contributed by atoms with Gasteiger partial charge in [-0.15, -0.1) is 0 Å². The number of rotatable bonds is 2. The van der Waals surface area contributed by atoms with Gasteiger partial charge in [0.05, 0.1) is 4.90 Å².